The van der Waals surface area contributed by atoms with Crippen molar-refractivity contribution in [3.8, 4) is 0 Å². The molecule has 42 heavy (non-hydrogen) atoms. The normalized spacial score (nSPS) is 40.5. The molecule has 0 bridgehead atoms. The average Bonchev–Trinajstić information content (AvgIpc) is 3.32. The Morgan fingerprint density at radius 1 is 0.833 bits per heavy atom. The van der Waals surface area contributed by atoms with Gasteiger partial charge in [-0.15, -0.1) is 0 Å². The summed E-state index contributed by atoms with van der Waals surface area (Å²) < 4.78 is 21.6. The summed E-state index contributed by atoms with van der Waals surface area (Å²) in [5.74, 6) is 3.33. The molecular weight excluding hydrogens is 554 g/mol. The quantitative estimate of drug-likeness (QED) is 0.143. The largest absolute Gasteiger partial charge is 0.396 e. The summed E-state index contributed by atoms with van der Waals surface area (Å²) >= 11 is 6.15. The van der Waals surface area contributed by atoms with E-state index in [2.05, 4.69) is 20.8 Å². The molecule has 3 N–H and O–H groups in total. The van der Waals surface area contributed by atoms with Crippen molar-refractivity contribution in [2.75, 3.05) is 53.2 Å². The van der Waals surface area contributed by atoms with Crippen molar-refractivity contribution in [1.82, 2.24) is 4.42 Å². The second-order valence-electron chi connectivity index (χ2n) is 14.7. The van der Waals surface area contributed by atoms with E-state index in [0.29, 0.717) is 74.6 Å². The molecule has 7 nitrogen and oxygen atoms in total. The van der Waals surface area contributed by atoms with Gasteiger partial charge in [0.25, 0.3) is 0 Å². The summed E-state index contributed by atoms with van der Waals surface area (Å²) in [7, 11) is 1.94. The third kappa shape index (κ3) is 7.52. The van der Waals surface area contributed by atoms with Gasteiger partial charge in [0.15, 0.2) is 0 Å². The van der Waals surface area contributed by atoms with Crippen LogP contribution in [0.25, 0.3) is 0 Å². The lowest BCUT2D eigenvalue weighted by atomic mass is 9.43. The third-order valence-electron chi connectivity index (χ3n) is 12.5. The Bertz CT molecular complexity index is 804. The topological polar surface area (TPSA) is 91.6 Å². The first-order valence-corrected chi connectivity index (χ1v) is 17.6. The van der Waals surface area contributed by atoms with E-state index < -0.39 is 0 Å². The number of rotatable bonds is 17. The van der Waals surface area contributed by atoms with Gasteiger partial charge in [-0.3, -0.25) is 0 Å². The second-order valence-corrected chi connectivity index (χ2v) is 15.3. The molecule has 4 rings (SSSR count). The lowest BCUT2D eigenvalue weighted by molar-refractivity contribution is -0.228. The van der Waals surface area contributed by atoms with Crippen molar-refractivity contribution in [1.29, 1.82) is 0 Å². The molecule has 4 aliphatic carbocycles. The average molecular weight is 616 g/mol. The number of hydrogen-bond acceptors (Lipinski definition) is 7. The molecule has 0 amide bonds. The molecule has 246 valence electrons. The molecule has 0 aromatic rings. The molecule has 0 aliphatic heterocycles. The van der Waals surface area contributed by atoms with Crippen LogP contribution in [-0.2, 0) is 14.2 Å². The van der Waals surface area contributed by atoms with Crippen LogP contribution in [0.15, 0.2) is 0 Å². The summed E-state index contributed by atoms with van der Waals surface area (Å²) in [6, 6.07) is 0. The predicted molar refractivity (Wildman–Crippen MR) is 167 cm³/mol. The van der Waals surface area contributed by atoms with Gasteiger partial charge in [-0.05, 0) is 130 Å². The minimum Gasteiger partial charge on any atom is -0.396 e. The number of aliphatic hydroxyl groups is 3. The Balaban J connectivity index is 1.62. The highest BCUT2D eigenvalue weighted by atomic mass is 35.5. The first-order chi connectivity index (χ1) is 20.2. The number of hydrogen-bond donors (Lipinski definition) is 3. The molecule has 0 aromatic heterocycles. The van der Waals surface area contributed by atoms with Gasteiger partial charge < -0.3 is 29.5 Å². The van der Waals surface area contributed by atoms with E-state index >= 15 is 0 Å². The zero-order chi connectivity index (χ0) is 30.3. The van der Waals surface area contributed by atoms with Crippen LogP contribution in [0.4, 0.5) is 0 Å². The van der Waals surface area contributed by atoms with E-state index in [-0.39, 0.29) is 49.0 Å². The first-order valence-electron chi connectivity index (χ1n) is 17.2. The highest BCUT2D eigenvalue weighted by Gasteiger charge is 2.66. The predicted octanol–water partition coefficient (Wildman–Crippen LogP) is 5.67. The van der Waals surface area contributed by atoms with Crippen molar-refractivity contribution in [3.05, 3.63) is 0 Å². The molecule has 11 atom stereocenters. The Labute approximate surface area is 261 Å². The van der Waals surface area contributed by atoms with Crippen LogP contribution in [0.1, 0.15) is 97.8 Å². The summed E-state index contributed by atoms with van der Waals surface area (Å²) in [5.41, 5.74) is 0.308. The number of nitrogens with zero attached hydrogens (tertiary/aromatic N) is 1. The van der Waals surface area contributed by atoms with Crippen LogP contribution in [0.2, 0.25) is 0 Å². The SMILES string of the molecule is C[C@@H](CCCN(C)Cl)C1CC[C@H]2C3[C@H](OCCCO)CC4C[C@H](OCCCO)CC[C@]4(C)[C@H]3C[C@H](OCCCO)[C@]12C. The molecule has 8 heteroatoms. The van der Waals surface area contributed by atoms with Gasteiger partial charge in [0.2, 0.25) is 0 Å². The Hall–Kier alpha value is 0.01000. The maximum absolute atomic E-state index is 9.60. The van der Waals surface area contributed by atoms with Gasteiger partial charge in [0, 0.05) is 58.6 Å². The Kier molecular flexibility index (Phi) is 13.3. The lowest BCUT2D eigenvalue weighted by Gasteiger charge is -2.65. The molecule has 0 radical (unpaired) electrons. The minimum absolute atomic E-state index is 0.0787. The summed E-state index contributed by atoms with van der Waals surface area (Å²) in [4.78, 5) is 0. The Morgan fingerprint density at radius 2 is 1.50 bits per heavy atom. The van der Waals surface area contributed by atoms with Gasteiger partial charge in [-0.25, -0.2) is 4.42 Å². The lowest BCUT2D eigenvalue weighted by Crippen LogP contribution is -2.63. The van der Waals surface area contributed by atoms with Crippen LogP contribution in [0.3, 0.4) is 0 Å². The maximum Gasteiger partial charge on any atom is 0.0637 e. The van der Waals surface area contributed by atoms with Crippen molar-refractivity contribution in [2.45, 2.75) is 116 Å². The van der Waals surface area contributed by atoms with Gasteiger partial charge in [-0.2, -0.15) is 0 Å². The van der Waals surface area contributed by atoms with E-state index in [9.17, 15) is 15.3 Å². The zero-order valence-corrected chi connectivity index (χ0v) is 27.8. The van der Waals surface area contributed by atoms with E-state index in [0.717, 1.165) is 38.6 Å². The fourth-order valence-corrected chi connectivity index (χ4v) is 10.5. The van der Waals surface area contributed by atoms with Crippen LogP contribution in [-0.4, -0.2) is 91.3 Å². The monoisotopic (exact) mass is 615 g/mol. The number of ether oxygens (including phenoxy) is 3. The molecule has 0 saturated heterocycles. The zero-order valence-electron chi connectivity index (χ0n) is 27.0. The molecule has 4 fully saturated rings. The molecule has 0 aromatic carbocycles. The van der Waals surface area contributed by atoms with Gasteiger partial charge >= 0.3 is 0 Å². The fraction of sp³-hybridized carbons (Fsp3) is 1.00. The van der Waals surface area contributed by atoms with E-state index in [1.165, 1.54) is 25.7 Å². The summed E-state index contributed by atoms with van der Waals surface area (Å²) in [6.07, 6.45) is 13.0. The summed E-state index contributed by atoms with van der Waals surface area (Å²) in [5, 5.41) is 28.4. The Morgan fingerprint density at radius 3 is 2.17 bits per heavy atom. The van der Waals surface area contributed by atoms with E-state index in [4.69, 9.17) is 26.0 Å². The molecule has 0 spiro atoms. The van der Waals surface area contributed by atoms with Crippen LogP contribution < -0.4 is 0 Å². The van der Waals surface area contributed by atoms with Crippen molar-refractivity contribution in [2.24, 2.45) is 46.3 Å². The van der Waals surface area contributed by atoms with E-state index in [1.54, 1.807) is 4.42 Å². The van der Waals surface area contributed by atoms with Crippen molar-refractivity contribution in [3.63, 3.8) is 0 Å². The standard InChI is InChI=1S/C34H62ClNO6/c1-24(9-5-14-36(4)35)27-10-11-28-32-29(23-31(34(27,28)3)42-20-8-17-39)33(2)13-12-26(40-18-6-15-37)21-25(33)22-30(32)41-19-7-16-38/h24-32,37-39H,5-23H2,1-4H3/t24-,25?,26+,27?,28-,29-,30+,31-,32?,33-,34+/m0/s1. The van der Waals surface area contributed by atoms with E-state index in [1.807, 2.05) is 7.05 Å². The van der Waals surface area contributed by atoms with Gasteiger partial charge in [-0.1, -0.05) is 20.8 Å². The molecular formula is C34H62ClNO6. The molecule has 4 aliphatic rings. The number of aliphatic hydroxyl groups excluding tert-OH is 3. The second kappa shape index (κ2) is 16.0. The smallest absolute Gasteiger partial charge is 0.0637 e. The maximum atomic E-state index is 9.60. The third-order valence-corrected chi connectivity index (χ3v) is 12.6. The molecule has 3 unspecified atom stereocenters. The fourth-order valence-electron chi connectivity index (χ4n) is 10.4. The summed E-state index contributed by atoms with van der Waals surface area (Å²) in [6.45, 7) is 10.9. The van der Waals surface area contributed by atoms with Crippen molar-refractivity contribution < 1.29 is 29.5 Å². The van der Waals surface area contributed by atoms with Gasteiger partial charge in [0.05, 0.1) is 18.3 Å². The van der Waals surface area contributed by atoms with Crippen molar-refractivity contribution >= 4 is 11.8 Å². The first kappa shape index (κ1) is 34.9. The van der Waals surface area contributed by atoms with Crippen LogP contribution in [0.5, 0.6) is 0 Å². The highest BCUT2D eigenvalue weighted by Crippen LogP contribution is 2.69. The van der Waals surface area contributed by atoms with Crippen LogP contribution >= 0.6 is 11.8 Å². The number of halogens is 1. The number of fused-ring (bicyclic) bond motifs is 5. The molecule has 4 saturated carbocycles. The van der Waals surface area contributed by atoms with Crippen LogP contribution in [0, 0.1) is 46.3 Å². The molecule has 0 heterocycles. The minimum atomic E-state index is 0.0787. The van der Waals surface area contributed by atoms with Gasteiger partial charge in [0.1, 0.15) is 0 Å². The highest BCUT2D eigenvalue weighted by molar-refractivity contribution is 6.13.